The Kier molecular flexibility index (Phi) is 4.02. The van der Waals surface area contributed by atoms with Gasteiger partial charge in [0.2, 0.25) is 0 Å². The molecule has 0 radical (unpaired) electrons. The summed E-state index contributed by atoms with van der Waals surface area (Å²) in [4.78, 5) is 0. The van der Waals surface area contributed by atoms with E-state index in [9.17, 15) is 0 Å². The number of morpholine rings is 1. The largest absolute Gasteiger partial charge is 0.375 e. The SMILES string of the molecule is CCCC1OCC(C)NC1CC. The maximum absolute atomic E-state index is 5.77. The molecular weight excluding hydrogens is 150 g/mol. The smallest absolute Gasteiger partial charge is 0.0728 e. The van der Waals surface area contributed by atoms with Crippen molar-refractivity contribution in [3.8, 4) is 0 Å². The van der Waals surface area contributed by atoms with E-state index < -0.39 is 0 Å². The van der Waals surface area contributed by atoms with E-state index in [1.807, 2.05) is 0 Å². The van der Waals surface area contributed by atoms with Gasteiger partial charge in [-0.3, -0.25) is 0 Å². The normalized spacial score (nSPS) is 36.8. The summed E-state index contributed by atoms with van der Waals surface area (Å²) in [5.41, 5.74) is 0. The van der Waals surface area contributed by atoms with Crippen molar-refractivity contribution in [3.63, 3.8) is 0 Å². The molecule has 0 saturated carbocycles. The van der Waals surface area contributed by atoms with Crippen LogP contribution in [0.5, 0.6) is 0 Å². The Morgan fingerprint density at radius 2 is 2.17 bits per heavy atom. The summed E-state index contributed by atoms with van der Waals surface area (Å²) < 4.78 is 5.77. The van der Waals surface area contributed by atoms with Gasteiger partial charge in [-0.15, -0.1) is 0 Å². The van der Waals surface area contributed by atoms with Crippen molar-refractivity contribution in [2.45, 2.75) is 58.2 Å². The molecule has 1 saturated heterocycles. The first-order valence-electron chi connectivity index (χ1n) is 5.15. The van der Waals surface area contributed by atoms with Gasteiger partial charge in [0.1, 0.15) is 0 Å². The van der Waals surface area contributed by atoms with Crippen LogP contribution in [0.3, 0.4) is 0 Å². The fourth-order valence-corrected chi connectivity index (χ4v) is 1.85. The Hall–Kier alpha value is -0.0800. The molecule has 3 unspecified atom stereocenters. The Balaban J connectivity index is 2.39. The first kappa shape index (κ1) is 10.0. The molecule has 1 rings (SSSR count). The average Bonchev–Trinajstić information content (AvgIpc) is 2.08. The van der Waals surface area contributed by atoms with Gasteiger partial charge in [-0.25, -0.2) is 0 Å². The highest BCUT2D eigenvalue weighted by Gasteiger charge is 2.26. The molecule has 72 valence electrons. The van der Waals surface area contributed by atoms with Crippen LogP contribution in [0, 0.1) is 0 Å². The molecule has 1 aliphatic rings. The van der Waals surface area contributed by atoms with E-state index in [4.69, 9.17) is 4.74 Å². The summed E-state index contributed by atoms with van der Waals surface area (Å²) >= 11 is 0. The van der Waals surface area contributed by atoms with Gasteiger partial charge in [-0.05, 0) is 19.8 Å². The molecule has 1 heterocycles. The molecule has 1 N–H and O–H groups in total. The fourth-order valence-electron chi connectivity index (χ4n) is 1.85. The van der Waals surface area contributed by atoms with Gasteiger partial charge in [0.15, 0.2) is 0 Å². The summed E-state index contributed by atoms with van der Waals surface area (Å²) in [6, 6.07) is 1.11. The molecule has 0 amide bonds. The molecule has 1 aliphatic heterocycles. The summed E-state index contributed by atoms with van der Waals surface area (Å²) in [7, 11) is 0. The summed E-state index contributed by atoms with van der Waals surface area (Å²) in [5, 5.41) is 3.58. The monoisotopic (exact) mass is 171 g/mol. The molecular formula is C10H21NO. The van der Waals surface area contributed by atoms with E-state index in [0.29, 0.717) is 18.2 Å². The second kappa shape index (κ2) is 4.83. The number of hydrogen-bond donors (Lipinski definition) is 1. The van der Waals surface area contributed by atoms with Crippen molar-refractivity contribution < 1.29 is 4.74 Å². The maximum Gasteiger partial charge on any atom is 0.0728 e. The predicted molar refractivity (Wildman–Crippen MR) is 51.3 cm³/mol. The number of rotatable bonds is 3. The molecule has 0 aromatic rings. The minimum atomic E-state index is 0.455. The molecule has 2 heteroatoms. The van der Waals surface area contributed by atoms with Gasteiger partial charge in [-0.2, -0.15) is 0 Å². The van der Waals surface area contributed by atoms with Crippen LogP contribution in [0.15, 0.2) is 0 Å². The van der Waals surface area contributed by atoms with E-state index in [1.54, 1.807) is 0 Å². The van der Waals surface area contributed by atoms with Crippen LogP contribution in [0.4, 0.5) is 0 Å². The van der Waals surface area contributed by atoms with E-state index in [-0.39, 0.29) is 0 Å². The third-order valence-electron chi connectivity index (χ3n) is 2.52. The molecule has 1 fully saturated rings. The standard InChI is InChI=1S/C10H21NO/c1-4-6-10-9(5-2)11-8(3)7-12-10/h8-11H,4-7H2,1-3H3. The maximum atomic E-state index is 5.77. The molecule has 0 bridgehead atoms. The zero-order valence-electron chi connectivity index (χ0n) is 8.47. The van der Waals surface area contributed by atoms with Crippen molar-refractivity contribution in [1.29, 1.82) is 0 Å². The Morgan fingerprint density at radius 3 is 2.75 bits per heavy atom. The molecule has 0 spiro atoms. The zero-order chi connectivity index (χ0) is 8.97. The van der Waals surface area contributed by atoms with E-state index in [1.165, 1.54) is 19.3 Å². The van der Waals surface area contributed by atoms with Gasteiger partial charge in [0.05, 0.1) is 12.7 Å². The highest BCUT2D eigenvalue weighted by Crippen LogP contribution is 2.15. The van der Waals surface area contributed by atoms with E-state index >= 15 is 0 Å². The second-order valence-corrected chi connectivity index (χ2v) is 3.74. The molecule has 0 aliphatic carbocycles. The van der Waals surface area contributed by atoms with Crippen molar-refractivity contribution in [1.82, 2.24) is 5.32 Å². The Labute approximate surface area is 75.7 Å². The molecule has 2 nitrogen and oxygen atoms in total. The predicted octanol–water partition coefficient (Wildman–Crippen LogP) is 1.94. The first-order valence-corrected chi connectivity index (χ1v) is 5.15. The average molecular weight is 171 g/mol. The minimum Gasteiger partial charge on any atom is -0.375 e. The lowest BCUT2D eigenvalue weighted by atomic mass is 10.0. The molecule has 0 aromatic carbocycles. The minimum absolute atomic E-state index is 0.455. The van der Waals surface area contributed by atoms with Crippen LogP contribution in [0.2, 0.25) is 0 Å². The van der Waals surface area contributed by atoms with E-state index in [0.717, 1.165) is 6.61 Å². The van der Waals surface area contributed by atoms with Gasteiger partial charge < -0.3 is 10.1 Å². The van der Waals surface area contributed by atoms with Crippen LogP contribution >= 0.6 is 0 Å². The lowest BCUT2D eigenvalue weighted by molar-refractivity contribution is -0.0291. The number of ether oxygens (including phenoxy) is 1. The van der Waals surface area contributed by atoms with Crippen molar-refractivity contribution >= 4 is 0 Å². The van der Waals surface area contributed by atoms with Gasteiger partial charge in [0.25, 0.3) is 0 Å². The molecule has 3 atom stereocenters. The third kappa shape index (κ3) is 2.46. The highest BCUT2D eigenvalue weighted by molar-refractivity contribution is 4.82. The summed E-state index contributed by atoms with van der Waals surface area (Å²) in [5.74, 6) is 0. The Bertz CT molecular complexity index is 127. The van der Waals surface area contributed by atoms with Crippen molar-refractivity contribution in [2.75, 3.05) is 6.61 Å². The summed E-state index contributed by atoms with van der Waals surface area (Å²) in [6.45, 7) is 7.50. The summed E-state index contributed by atoms with van der Waals surface area (Å²) in [6.07, 6.45) is 4.04. The van der Waals surface area contributed by atoms with Gasteiger partial charge >= 0.3 is 0 Å². The van der Waals surface area contributed by atoms with Crippen molar-refractivity contribution in [3.05, 3.63) is 0 Å². The topological polar surface area (TPSA) is 21.3 Å². The number of nitrogens with one attached hydrogen (secondary N) is 1. The molecule has 0 aromatic heterocycles. The van der Waals surface area contributed by atoms with Gasteiger partial charge in [-0.1, -0.05) is 20.3 Å². The van der Waals surface area contributed by atoms with Gasteiger partial charge in [0, 0.05) is 12.1 Å². The lowest BCUT2D eigenvalue weighted by Gasteiger charge is -2.35. The van der Waals surface area contributed by atoms with E-state index in [2.05, 4.69) is 26.1 Å². The second-order valence-electron chi connectivity index (χ2n) is 3.74. The van der Waals surface area contributed by atoms with Crippen molar-refractivity contribution in [2.24, 2.45) is 0 Å². The lowest BCUT2D eigenvalue weighted by Crippen LogP contribution is -2.52. The zero-order valence-corrected chi connectivity index (χ0v) is 8.47. The first-order chi connectivity index (χ1) is 5.77. The van der Waals surface area contributed by atoms with Crippen LogP contribution < -0.4 is 5.32 Å². The third-order valence-corrected chi connectivity index (χ3v) is 2.52. The molecule has 12 heavy (non-hydrogen) atoms. The highest BCUT2D eigenvalue weighted by atomic mass is 16.5. The number of hydrogen-bond acceptors (Lipinski definition) is 2. The van der Waals surface area contributed by atoms with Crippen LogP contribution in [0.25, 0.3) is 0 Å². The quantitative estimate of drug-likeness (QED) is 0.700. The Morgan fingerprint density at radius 1 is 1.42 bits per heavy atom. The fraction of sp³-hybridized carbons (Fsp3) is 1.00. The van der Waals surface area contributed by atoms with Crippen LogP contribution in [-0.2, 0) is 4.74 Å². The van der Waals surface area contributed by atoms with Crippen LogP contribution in [-0.4, -0.2) is 24.8 Å². The van der Waals surface area contributed by atoms with Crippen LogP contribution in [0.1, 0.15) is 40.0 Å².